The van der Waals surface area contributed by atoms with Gasteiger partial charge in [-0.1, -0.05) is 0 Å². The largest absolute Gasteiger partial charge is 0.379 e. The van der Waals surface area contributed by atoms with Gasteiger partial charge in [-0.3, -0.25) is 9.35 Å². The van der Waals surface area contributed by atoms with E-state index in [0.717, 1.165) is 0 Å². The number of rotatable bonds is 3. The number of halogens is 5. The Morgan fingerprint density at radius 3 is 1.57 bits per heavy atom. The second kappa shape index (κ2) is 3.61. The van der Waals surface area contributed by atoms with E-state index in [0.29, 0.717) is 0 Å². The van der Waals surface area contributed by atoms with Gasteiger partial charge >= 0.3 is 27.2 Å². The lowest BCUT2D eigenvalue weighted by Gasteiger charge is -2.12. The van der Waals surface area contributed by atoms with E-state index >= 15 is 0 Å². The van der Waals surface area contributed by atoms with Gasteiger partial charge in [0, 0.05) is 0 Å². The molecule has 0 aliphatic rings. The predicted octanol–water partition coefficient (Wildman–Crippen LogP) is 1.11. The third kappa shape index (κ3) is 1.90. The maximum atomic E-state index is 12.6. The normalized spacial score (nSPS) is 15.9. The topological polar surface area (TPSA) is 71.4 Å². The molecule has 0 aromatic heterocycles. The highest BCUT2D eigenvalue weighted by atomic mass is 32.2. The van der Waals surface area contributed by atoms with E-state index in [1.54, 1.807) is 0 Å². The van der Waals surface area contributed by atoms with Crippen molar-refractivity contribution < 1.29 is 39.7 Å². The van der Waals surface area contributed by atoms with Crippen LogP contribution in [0.4, 0.5) is 22.0 Å². The van der Waals surface area contributed by atoms with E-state index in [2.05, 4.69) is 0 Å². The summed E-state index contributed by atoms with van der Waals surface area (Å²) in [5, 5.41) is -5.40. The molecule has 0 rings (SSSR count). The molecule has 0 aromatic rings. The number of hydrogen-bond acceptors (Lipinski definition) is 3. The minimum Gasteiger partial charge on any atom is -0.282 e. The minimum atomic E-state index is -6.31. The summed E-state index contributed by atoms with van der Waals surface area (Å²) in [5.74, 6) is -3.51. The summed E-state index contributed by atoms with van der Waals surface area (Å²) in [6.45, 7) is 0. The monoisotopic (exact) mass is 240 g/mol. The summed E-state index contributed by atoms with van der Waals surface area (Å²) in [6, 6.07) is -3.61. The smallest absolute Gasteiger partial charge is 0.282 e. The zero-order valence-corrected chi connectivity index (χ0v) is 6.79. The quantitative estimate of drug-likeness (QED) is 0.455. The molecule has 0 heterocycles. The first-order chi connectivity index (χ1) is 6.05. The average Bonchev–Trinajstić information content (AvgIpc) is 1.98. The van der Waals surface area contributed by atoms with Crippen molar-refractivity contribution in [3.63, 3.8) is 0 Å². The molecule has 0 aliphatic heterocycles. The number of carbonyl (C=O) groups excluding carboxylic acids is 1. The fourth-order valence-corrected chi connectivity index (χ4v) is 0.929. The lowest BCUT2D eigenvalue weighted by molar-refractivity contribution is -0.136. The van der Waals surface area contributed by atoms with Crippen LogP contribution in [0.25, 0.3) is 0 Å². The predicted molar refractivity (Wildman–Crippen MR) is 31.9 cm³/mol. The Morgan fingerprint density at radius 2 is 1.50 bits per heavy atom. The van der Waals surface area contributed by atoms with Crippen molar-refractivity contribution >= 4 is 16.2 Å². The van der Waals surface area contributed by atoms with Gasteiger partial charge in [0.05, 0.1) is 0 Å². The van der Waals surface area contributed by atoms with Crippen molar-refractivity contribution in [3.05, 3.63) is 11.9 Å². The van der Waals surface area contributed by atoms with Crippen LogP contribution in [-0.2, 0) is 14.9 Å². The van der Waals surface area contributed by atoms with E-state index in [1.165, 1.54) is 0 Å². The molecule has 0 amide bonds. The first-order valence-electron chi connectivity index (χ1n) is 2.62. The van der Waals surface area contributed by atoms with Gasteiger partial charge < -0.3 is 0 Å². The number of hydrogen-bond donors (Lipinski definition) is 1. The van der Waals surface area contributed by atoms with Crippen LogP contribution >= 0.6 is 0 Å². The molecule has 0 radical (unpaired) electrons. The molecular weight excluding hydrogens is 239 g/mol. The molecule has 0 bridgehead atoms. The van der Waals surface area contributed by atoms with Crippen molar-refractivity contribution in [2.45, 2.75) is 5.00 Å². The summed E-state index contributed by atoms with van der Waals surface area (Å²) in [7, 11) is -6.31. The lowest BCUT2D eigenvalue weighted by atomic mass is 10.3. The van der Waals surface area contributed by atoms with Crippen molar-refractivity contribution in [1.29, 1.82) is 0 Å². The number of carbonyl (C=O) groups is 1. The van der Waals surface area contributed by atoms with E-state index in [9.17, 15) is 35.2 Å². The molecule has 1 unspecified atom stereocenters. The Morgan fingerprint density at radius 1 is 1.14 bits per heavy atom. The molecule has 0 saturated heterocycles. The maximum Gasteiger partial charge on any atom is 0.379 e. The van der Waals surface area contributed by atoms with Gasteiger partial charge in [0.25, 0.3) is 0 Å². The second-order valence-corrected chi connectivity index (χ2v) is 3.43. The Hall–Kier alpha value is -1.03. The molecular formula is C4HF5O4S. The highest BCUT2D eigenvalue weighted by molar-refractivity contribution is 7.88. The van der Waals surface area contributed by atoms with Crippen LogP contribution in [0.5, 0.6) is 0 Å². The molecule has 1 atom stereocenters. The van der Waals surface area contributed by atoms with Gasteiger partial charge in [-0.2, -0.15) is 21.6 Å². The molecule has 14 heavy (non-hydrogen) atoms. The highest BCUT2D eigenvalue weighted by Gasteiger charge is 2.59. The van der Waals surface area contributed by atoms with Gasteiger partial charge in [-0.15, -0.1) is 0 Å². The minimum absolute atomic E-state index is 3.51. The fraction of sp³-hybridized carbons (Fsp3) is 0.250. The van der Waals surface area contributed by atoms with Crippen LogP contribution in [-0.4, -0.2) is 24.0 Å². The van der Waals surface area contributed by atoms with Crippen molar-refractivity contribution in [3.8, 4) is 0 Å². The van der Waals surface area contributed by atoms with Gasteiger partial charge in [-0.05, 0) is 0 Å². The van der Waals surface area contributed by atoms with E-state index in [1.807, 2.05) is 0 Å². The number of alkyl halides is 1. The molecule has 0 aromatic carbocycles. The van der Waals surface area contributed by atoms with Crippen LogP contribution in [0.2, 0.25) is 0 Å². The van der Waals surface area contributed by atoms with E-state index in [-0.39, 0.29) is 0 Å². The first-order valence-corrected chi connectivity index (χ1v) is 4.06. The Bertz CT molecular complexity index is 383. The second-order valence-electron chi connectivity index (χ2n) is 1.92. The third-order valence-corrected chi connectivity index (χ3v) is 2.11. The van der Waals surface area contributed by atoms with Gasteiger partial charge in [-0.25, -0.2) is 8.78 Å². The van der Waals surface area contributed by atoms with Gasteiger partial charge in [0.1, 0.15) is 0 Å². The Kier molecular flexibility index (Phi) is 3.35. The molecule has 10 heteroatoms. The summed E-state index contributed by atoms with van der Waals surface area (Å²) in [5.41, 5.74) is 0. The summed E-state index contributed by atoms with van der Waals surface area (Å²) in [6.07, 6.45) is -3.57. The van der Waals surface area contributed by atoms with Crippen LogP contribution in [0.1, 0.15) is 0 Å². The SMILES string of the molecule is O=C(F)C(F)(C(F)=C(F)F)S(=O)(=O)O. The van der Waals surface area contributed by atoms with E-state index < -0.39 is 33.1 Å². The fourth-order valence-electron chi connectivity index (χ4n) is 0.422. The molecule has 82 valence electrons. The molecule has 0 fully saturated rings. The maximum absolute atomic E-state index is 12.6. The summed E-state index contributed by atoms with van der Waals surface area (Å²) >= 11 is 0. The Labute approximate surface area is 73.8 Å². The molecule has 4 nitrogen and oxygen atoms in total. The van der Waals surface area contributed by atoms with Crippen LogP contribution in [0.3, 0.4) is 0 Å². The third-order valence-electron chi connectivity index (χ3n) is 1.06. The van der Waals surface area contributed by atoms with Gasteiger partial charge in [0.15, 0.2) is 0 Å². The zero-order chi connectivity index (χ0) is 11.7. The van der Waals surface area contributed by atoms with Crippen LogP contribution in [0.15, 0.2) is 11.9 Å². The van der Waals surface area contributed by atoms with Crippen molar-refractivity contribution in [1.82, 2.24) is 0 Å². The van der Waals surface area contributed by atoms with Crippen molar-refractivity contribution in [2.24, 2.45) is 0 Å². The van der Waals surface area contributed by atoms with Crippen LogP contribution in [0, 0.1) is 0 Å². The standard InChI is InChI=1S/C4HF5O4S/c5-1(2(6)7)4(9,3(8)10)14(11,12)13/h(H,11,12,13). The molecule has 0 aliphatic carbocycles. The summed E-state index contributed by atoms with van der Waals surface area (Å²) < 4.78 is 86.9. The lowest BCUT2D eigenvalue weighted by Crippen LogP contribution is -2.41. The first kappa shape index (κ1) is 13.0. The van der Waals surface area contributed by atoms with Crippen molar-refractivity contribution in [2.75, 3.05) is 0 Å². The molecule has 0 saturated carbocycles. The Balaban J connectivity index is 5.85. The molecule has 1 N–H and O–H groups in total. The van der Waals surface area contributed by atoms with Crippen LogP contribution < -0.4 is 0 Å². The van der Waals surface area contributed by atoms with Gasteiger partial charge in [0.2, 0.25) is 5.83 Å². The highest BCUT2D eigenvalue weighted by Crippen LogP contribution is 2.33. The summed E-state index contributed by atoms with van der Waals surface area (Å²) in [4.78, 5) is 9.67. The zero-order valence-electron chi connectivity index (χ0n) is 5.97. The molecule has 0 spiro atoms. The van der Waals surface area contributed by atoms with E-state index in [4.69, 9.17) is 4.55 Å². The average molecular weight is 240 g/mol.